The summed E-state index contributed by atoms with van der Waals surface area (Å²) < 4.78 is 24.3. The van der Waals surface area contributed by atoms with Crippen molar-refractivity contribution in [1.29, 1.82) is 0 Å². The number of amides is 1. The van der Waals surface area contributed by atoms with E-state index in [1.54, 1.807) is 18.2 Å². The highest BCUT2D eigenvalue weighted by molar-refractivity contribution is 6.46. The van der Waals surface area contributed by atoms with Crippen molar-refractivity contribution >= 4 is 17.4 Å². The van der Waals surface area contributed by atoms with Crippen molar-refractivity contribution in [2.24, 2.45) is 0 Å². The van der Waals surface area contributed by atoms with Crippen molar-refractivity contribution in [3.63, 3.8) is 0 Å². The molecule has 1 N–H and O–H groups in total. The van der Waals surface area contributed by atoms with Gasteiger partial charge in [-0.1, -0.05) is 12.1 Å². The minimum absolute atomic E-state index is 0.0713. The fraction of sp³-hybridized carbons (Fsp3) is 0.333. The first-order chi connectivity index (χ1) is 15.3. The lowest BCUT2D eigenvalue weighted by atomic mass is 9.94. The summed E-state index contributed by atoms with van der Waals surface area (Å²) in [6.45, 7) is 1.01. The van der Waals surface area contributed by atoms with Gasteiger partial charge in [-0.05, 0) is 57.4 Å². The van der Waals surface area contributed by atoms with Crippen LogP contribution >= 0.6 is 0 Å². The number of carbonyl (C=O) groups is 2. The number of aliphatic hydroxyl groups excluding tert-OH is 1. The summed E-state index contributed by atoms with van der Waals surface area (Å²) in [5.41, 5.74) is 0.683. The lowest BCUT2D eigenvalue weighted by Gasteiger charge is -2.27. The Morgan fingerprint density at radius 2 is 1.78 bits per heavy atom. The van der Waals surface area contributed by atoms with Gasteiger partial charge in [0.1, 0.15) is 11.6 Å². The van der Waals surface area contributed by atoms with Crippen LogP contribution in [-0.4, -0.2) is 68.0 Å². The Bertz CT molecular complexity index is 1030. The van der Waals surface area contributed by atoms with Crippen molar-refractivity contribution in [3.8, 4) is 11.5 Å². The van der Waals surface area contributed by atoms with Crippen LogP contribution in [0.15, 0.2) is 48.0 Å². The highest BCUT2D eigenvalue weighted by Crippen LogP contribution is 2.45. The molecular formula is C24H27FN2O5. The third kappa shape index (κ3) is 4.45. The Kier molecular flexibility index (Phi) is 7.15. The molecule has 0 bridgehead atoms. The third-order valence-electron chi connectivity index (χ3n) is 5.39. The Morgan fingerprint density at radius 3 is 2.38 bits per heavy atom. The lowest BCUT2D eigenvalue weighted by Crippen LogP contribution is -2.32. The molecular weight excluding hydrogens is 415 g/mol. The summed E-state index contributed by atoms with van der Waals surface area (Å²) in [5.74, 6) is -1.55. The van der Waals surface area contributed by atoms with E-state index < -0.39 is 23.5 Å². The number of ether oxygens (including phenoxy) is 2. The van der Waals surface area contributed by atoms with E-state index in [0.29, 0.717) is 36.6 Å². The summed E-state index contributed by atoms with van der Waals surface area (Å²) >= 11 is 0. The number of rotatable bonds is 8. The first-order valence-electron chi connectivity index (χ1n) is 10.2. The van der Waals surface area contributed by atoms with Gasteiger partial charge in [-0.2, -0.15) is 0 Å². The minimum Gasteiger partial charge on any atom is -0.507 e. The number of halogens is 1. The fourth-order valence-electron chi connectivity index (χ4n) is 3.88. The van der Waals surface area contributed by atoms with Crippen LogP contribution in [0.1, 0.15) is 23.6 Å². The molecule has 1 heterocycles. The quantitative estimate of drug-likeness (QED) is 0.384. The molecule has 2 aromatic carbocycles. The molecule has 0 aromatic heterocycles. The second-order valence-corrected chi connectivity index (χ2v) is 7.74. The Hall–Kier alpha value is -3.39. The molecule has 0 saturated carbocycles. The molecule has 0 spiro atoms. The smallest absolute Gasteiger partial charge is 0.295 e. The maximum atomic E-state index is 13.4. The zero-order valence-electron chi connectivity index (χ0n) is 18.6. The summed E-state index contributed by atoms with van der Waals surface area (Å²) in [6, 6.07) is 9.39. The molecule has 8 heteroatoms. The Labute approximate surface area is 186 Å². The van der Waals surface area contributed by atoms with Crippen LogP contribution in [0.2, 0.25) is 0 Å². The molecule has 0 radical (unpaired) electrons. The van der Waals surface area contributed by atoms with E-state index in [1.807, 2.05) is 19.0 Å². The standard InChI is InChI=1S/C24H27FN2O5/c1-26(2)13-6-14-27-20(17-7-5-8-18(31-3)23(17)32-4)19(22(29)24(27)30)21(28)15-9-11-16(25)12-10-15/h5,7-12,20,28H,6,13-14H2,1-4H3/t20-/m1/s1. The van der Waals surface area contributed by atoms with Gasteiger partial charge in [-0.25, -0.2) is 4.39 Å². The van der Waals surface area contributed by atoms with Gasteiger partial charge in [-0.3, -0.25) is 9.59 Å². The number of aliphatic hydroxyl groups is 1. The Morgan fingerprint density at radius 1 is 1.09 bits per heavy atom. The van der Waals surface area contributed by atoms with Gasteiger partial charge in [-0.15, -0.1) is 0 Å². The second-order valence-electron chi connectivity index (χ2n) is 7.74. The zero-order chi connectivity index (χ0) is 23.4. The molecule has 1 saturated heterocycles. The zero-order valence-corrected chi connectivity index (χ0v) is 18.6. The number of likely N-dealkylation sites (tertiary alicyclic amines) is 1. The predicted molar refractivity (Wildman–Crippen MR) is 118 cm³/mol. The summed E-state index contributed by atoms with van der Waals surface area (Å²) in [7, 11) is 6.81. The number of nitrogens with zero attached hydrogens (tertiary/aromatic N) is 2. The normalized spacial score (nSPS) is 17.8. The number of hydrogen-bond donors (Lipinski definition) is 1. The molecule has 1 amide bonds. The molecule has 3 rings (SSSR count). The van der Waals surface area contributed by atoms with Gasteiger partial charge >= 0.3 is 0 Å². The minimum atomic E-state index is -0.882. The van der Waals surface area contributed by atoms with Crippen molar-refractivity contribution < 1.29 is 28.6 Å². The molecule has 7 nitrogen and oxygen atoms in total. The fourth-order valence-corrected chi connectivity index (χ4v) is 3.88. The van der Waals surface area contributed by atoms with E-state index in [0.717, 1.165) is 0 Å². The van der Waals surface area contributed by atoms with Crippen molar-refractivity contribution in [3.05, 3.63) is 65.0 Å². The maximum absolute atomic E-state index is 13.4. The predicted octanol–water partition coefficient (Wildman–Crippen LogP) is 3.22. The van der Waals surface area contributed by atoms with E-state index in [2.05, 4.69) is 0 Å². The first kappa shape index (κ1) is 23.3. The van der Waals surface area contributed by atoms with E-state index in [1.165, 1.54) is 43.4 Å². The first-order valence-corrected chi connectivity index (χ1v) is 10.2. The molecule has 1 fully saturated rings. The van der Waals surface area contributed by atoms with Crippen LogP contribution in [0.5, 0.6) is 11.5 Å². The van der Waals surface area contributed by atoms with Crippen molar-refractivity contribution in [2.75, 3.05) is 41.4 Å². The van der Waals surface area contributed by atoms with Crippen LogP contribution in [0.4, 0.5) is 4.39 Å². The summed E-state index contributed by atoms with van der Waals surface area (Å²) in [5, 5.41) is 11.0. The van der Waals surface area contributed by atoms with Crippen LogP contribution in [-0.2, 0) is 9.59 Å². The molecule has 0 unspecified atom stereocenters. The summed E-state index contributed by atoms with van der Waals surface area (Å²) in [6.07, 6.45) is 0.624. The molecule has 170 valence electrons. The van der Waals surface area contributed by atoms with Gasteiger partial charge in [0, 0.05) is 17.7 Å². The molecule has 1 atom stereocenters. The van der Waals surface area contributed by atoms with Crippen molar-refractivity contribution in [1.82, 2.24) is 9.80 Å². The second kappa shape index (κ2) is 9.82. The van der Waals surface area contributed by atoms with Gasteiger partial charge < -0.3 is 24.4 Å². The number of methoxy groups -OCH3 is 2. The van der Waals surface area contributed by atoms with E-state index >= 15 is 0 Å². The number of ketones is 1. The topological polar surface area (TPSA) is 79.3 Å². The number of carbonyl (C=O) groups excluding carboxylic acids is 2. The third-order valence-corrected chi connectivity index (χ3v) is 5.39. The van der Waals surface area contributed by atoms with Crippen LogP contribution in [0, 0.1) is 5.82 Å². The highest BCUT2D eigenvalue weighted by Gasteiger charge is 2.47. The van der Waals surface area contributed by atoms with E-state index in [-0.39, 0.29) is 16.9 Å². The average Bonchev–Trinajstić information content (AvgIpc) is 3.03. The molecule has 2 aromatic rings. The largest absolute Gasteiger partial charge is 0.507 e. The van der Waals surface area contributed by atoms with E-state index in [4.69, 9.17) is 9.47 Å². The van der Waals surface area contributed by atoms with Gasteiger partial charge in [0.15, 0.2) is 11.5 Å². The van der Waals surface area contributed by atoms with Crippen LogP contribution in [0.25, 0.3) is 5.76 Å². The maximum Gasteiger partial charge on any atom is 0.295 e. The molecule has 1 aliphatic heterocycles. The number of Topliss-reactive ketones (excluding diaryl/α,β-unsaturated/α-hetero) is 1. The van der Waals surface area contributed by atoms with Gasteiger partial charge in [0.05, 0.1) is 25.8 Å². The number of para-hydroxylation sites is 1. The van der Waals surface area contributed by atoms with Crippen LogP contribution in [0.3, 0.4) is 0 Å². The van der Waals surface area contributed by atoms with E-state index in [9.17, 15) is 19.1 Å². The van der Waals surface area contributed by atoms with Gasteiger partial charge in [0.25, 0.3) is 11.7 Å². The van der Waals surface area contributed by atoms with Gasteiger partial charge in [0.2, 0.25) is 0 Å². The Balaban J connectivity index is 2.19. The van der Waals surface area contributed by atoms with Crippen LogP contribution < -0.4 is 9.47 Å². The number of hydrogen-bond acceptors (Lipinski definition) is 6. The monoisotopic (exact) mass is 442 g/mol. The molecule has 0 aliphatic carbocycles. The molecule has 1 aliphatic rings. The highest BCUT2D eigenvalue weighted by atomic mass is 19.1. The molecule has 32 heavy (non-hydrogen) atoms. The number of benzene rings is 2. The van der Waals surface area contributed by atoms with Crippen molar-refractivity contribution in [2.45, 2.75) is 12.5 Å². The SMILES string of the molecule is COc1cccc([C@@H]2C(=C(O)c3ccc(F)cc3)C(=O)C(=O)N2CCCN(C)C)c1OC. The average molecular weight is 442 g/mol. The summed E-state index contributed by atoms with van der Waals surface area (Å²) in [4.78, 5) is 29.5. The lowest BCUT2D eigenvalue weighted by molar-refractivity contribution is -0.140.